The summed E-state index contributed by atoms with van der Waals surface area (Å²) in [5.74, 6) is -1.71. The molecule has 4 rings (SSSR count). The highest BCUT2D eigenvalue weighted by Crippen LogP contribution is 2.34. The van der Waals surface area contributed by atoms with Gasteiger partial charge in [0.1, 0.15) is 11.8 Å². The average molecular weight is 570 g/mol. The molecule has 0 bridgehead atoms. The largest absolute Gasteiger partial charge is 0.495 e. The fraction of sp³-hybridized carbons (Fsp3) is 0.129. The second-order valence-electron chi connectivity index (χ2n) is 9.11. The van der Waals surface area contributed by atoms with Crippen molar-refractivity contribution in [2.45, 2.75) is 19.4 Å². The molecule has 3 aromatic carbocycles. The smallest absolute Gasteiger partial charge is 0.335 e. The molecule has 0 saturated carbocycles. The predicted octanol–water partition coefficient (Wildman–Crippen LogP) is 5.37. The Morgan fingerprint density at radius 2 is 1.76 bits per heavy atom. The van der Waals surface area contributed by atoms with Gasteiger partial charge in [-0.1, -0.05) is 29.8 Å². The summed E-state index contributed by atoms with van der Waals surface area (Å²) >= 11 is 6.21. The predicted molar refractivity (Wildman–Crippen MR) is 154 cm³/mol. The van der Waals surface area contributed by atoms with Crippen molar-refractivity contribution in [3.8, 4) is 22.9 Å². The maximum atomic E-state index is 13.7. The first-order chi connectivity index (χ1) is 19.6. The lowest BCUT2D eigenvalue weighted by Crippen LogP contribution is -2.34. The van der Waals surface area contributed by atoms with Gasteiger partial charge in [0.15, 0.2) is 5.78 Å². The summed E-state index contributed by atoms with van der Waals surface area (Å²) in [4.78, 5) is 50.8. The van der Waals surface area contributed by atoms with Crippen molar-refractivity contribution >= 4 is 34.9 Å². The van der Waals surface area contributed by atoms with Crippen LogP contribution in [0.2, 0.25) is 5.02 Å². The van der Waals surface area contributed by atoms with Crippen LogP contribution in [0.4, 0.5) is 5.69 Å². The van der Waals surface area contributed by atoms with Crippen molar-refractivity contribution in [1.82, 2.24) is 4.57 Å². The number of pyridine rings is 1. The van der Waals surface area contributed by atoms with Crippen LogP contribution in [0.5, 0.6) is 5.75 Å². The van der Waals surface area contributed by atoms with Crippen LogP contribution in [-0.2, 0) is 11.2 Å². The van der Waals surface area contributed by atoms with E-state index in [1.165, 1.54) is 55.1 Å². The van der Waals surface area contributed by atoms with Gasteiger partial charge >= 0.3 is 5.97 Å². The van der Waals surface area contributed by atoms with E-state index >= 15 is 0 Å². The van der Waals surface area contributed by atoms with Crippen LogP contribution < -0.4 is 15.6 Å². The zero-order chi connectivity index (χ0) is 29.7. The van der Waals surface area contributed by atoms with Crippen molar-refractivity contribution in [1.29, 1.82) is 5.26 Å². The molecule has 0 radical (unpaired) electrons. The maximum absolute atomic E-state index is 13.7. The lowest BCUT2D eigenvalue weighted by Gasteiger charge is -2.22. The van der Waals surface area contributed by atoms with Crippen LogP contribution in [0.15, 0.2) is 83.8 Å². The minimum atomic E-state index is -1.13. The fourth-order valence-electron chi connectivity index (χ4n) is 4.45. The van der Waals surface area contributed by atoms with Gasteiger partial charge < -0.3 is 15.2 Å². The molecular formula is C31H24ClN3O6. The highest BCUT2D eigenvalue weighted by Gasteiger charge is 2.26. The Labute approximate surface area is 240 Å². The van der Waals surface area contributed by atoms with Gasteiger partial charge in [-0.05, 0) is 66.6 Å². The number of rotatable bonds is 9. The molecule has 4 aromatic rings. The molecule has 0 aliphatic heterocycles. The van der Waals surface area contributed by atoms with Crippen molar-refractivity contribution in [3.63, 3.8) is 0 Å². The van der Waals surface area contributed by atoms with Gasteiger partial charge in [-0.2, -0.15) is 5.26 Å². The molecule has 9 nitrogen and oxygen atoms in total. The minimum absolute atomic E-state index is 0.0129. The Morgan fingerprint density at radius 3 is 2.39 bits per heavy atom. The lowest BCUT2D eigenvalue weighted by molar-refractivity contribution is -0.119. The summed E-state index contributed by atoms with van der Waals surface area (Å²) in [6.07, 6.45) is 1.37. The quantitative estimate of drug-likeness (QED) is 0.258. The molecule has 1 amide bonds. The number of carbonyl (C=O) groups is 3. The number of ether oxygens (including phenoxy) is 1. The SMILES string of the molecule is COc1cn(C(Cc2ccccc2C#N)C(=O)Nc2ccc(C(=O)O)cc2)c(=O)cc1-c1cc(Cl)ccc1C(C)=O. The lowest BCUT2D eigenvalue weighted by atomic mass is 9.96. The van der Waals surface area contributed by atoms with E-state index in [9.17, 15) is 24.4 Å². The van der Waals surface area contributed by atoms with Crippen LogP contribution in [-0.4, -0.2) is 34.4 Å². The maximum Gasteiger partial charge on any atom is 0.335 e. The van der Waals surface area contributed by atoms with E-state index in [4.69, 9.17) is 21.4 Å². The summed E-state index contributed by atoms with van der Waals surface area (Å²) in [6.45, 7) is 1.40. The molecule has 1 heterocycles. The van der Waals surface area contributed by atoms with Gasteiger partial charge in [0.25, 0.3) is 5.56 Å². The van der Waals surface area contributed by atoms with Crippen molar-refractivity contribution in [2.24, 2.45) is 0 Å². The van der Waals surface area contributed by atoms with E-state index in [0.717, 1.165) is 0 Å². The number of aromatic nitrogens is 1. The van der Waals surface area contributed by atoms with Crippen molar-refractivity contribution < 1.29 is 24.2 Å². The molecule has 10 heteroatoms. The Balaban J connectivity index is 1.83. The number of carbonyl (C=O) groups excluding carboxylic acids is 2. The van der Waals surface area contributed by atoms with Crippen LogP contribution in [0.25, 0.3) is 11.1 Å². The first kappa shape index (κ1) is 28.8. The molecule has 1 atom stereocenters. The number of hydrogen-bond acceptors (Lipinski definition) is 6. The summed E-state index contributed by atoms with van der Waals surface area (Å²) < 4.78 is 6.80. The van der Waals surface area contributed by atoms with Gasteiger partial charge in [-0.3, -0.25) is 19.0 Å². The minimum Gasteiger partial charge on any atom is -0.495 e. The molecule has 0 aliphatic carbocycles. The zero-order valence-electron chi connectivity index (χ0n) is 22.1. The number of carboxylic acid groups (broad SMARTS) is 1. The number of ketones is 1. The van der Waals surface area contributed by atoms with E-state index in [1.54, 1.807) is 42.5 Å². The summed E-state index contributed by atoms with van der Waals surface area (Å²) in [5.41, 5.74) is 1.75. The van der Waals surface area contributed by atoms with E-state index in [0.29, 0.717) is 38.5 Å². The molecule has 1 aromatic heterocycles. The number of anilines is 1. The Hall–Kier alpha value is -5.20. The molecule has 41 heavy (non-hydrogen) atoms. The number of halogens is 1. The molecule has 0 spiro atoms. The standard InChI is InChI=1S/C31H24ClN3O6/c1-18(36)24-12-9-22(32)14-25(24)26-15-29(37)35(17-28(26)41-2)27(13-20-5-3-4-6-21(20)16-33)30(38)34-23-10-7-19(8-11-23)31(39)40/h3-12,14-15,17,27H,13H2,1-2H3,(H,34,38)(H,39,40). The fourth-order valence-corrected chi connectivity index (χ4v) is 4.62. The molecule has 0 aliphatic rings. The normalized spacial score (nSPS) is 11.3. The Bertz CT molecular complexity index is 1760. The molecular weight excluding hydrogens is 546 g/mol. The third-order valence-corrected chi connectivity index (χ3v) is 6.74. The summed E-state index contributed by atoms with van der Waals surface area (Å²) in [7, 11) is 1.40. The number of Topliss-reactive ketones (excluding diaryl/α,β-unsaturated/α-hetero) is 1. The van der Waals surface area contributed by atoms with E-state index in [-0.39, 0.29) is 23.5 Å². The monoisotopic (exact) mass is 569 g/mol. The van der Waals surface area contributed by atoms with Gasteiger partial charge in [-0.25, -0.2) is 4.79 Å². The summed E-state index contributed by atoms with van der Waals surface area (Å²) in [5, 5.41) is 21.9. The number of nitrogens with one attached hydrogen (secondary N) is 1. The van der Waals surface area contributed by atoms with Crippen LogP contribution in [0.1, 0.15) is 44.8 Å². The highest BCUT2D eigenvalue weighted by molar-refractivity contribution is 6.31. The molecule has 0 saturated heterocycles. The first-order valence-electron chi connectivity index (χ1n) is 12.4. The molecule has 206 valence electrons. The number of amides is 1. The number of carboxylic acids is 1. The third kappa shape index (κ3) is 6.35. The average Bonchev–Trinajstić information content (AvgIpc) is 2.96. The first-order valence-corrected chi connectivity index (χ1v) is 12.7. The second-order valence-corrected chi connectivity index (χ2v) is 9.54. The van der Waals surface area contributed by atoms with Gasteiger partial charge in [-0.15, -0.1) is 0 Å². The van der Waals surface area contributed by atoms with E-state index in [1.807, 2.05) is 0 Å². The van der Waals surface area contributed by atoms with Crippen molar-refractivity contribution in [2.75, 3.05) is 12.4 Å². The van der Waals surface area contributed by atoms with Gasteiger partial charge in [0.05, 0.1) is 30.5 Å². The third-order valence-electron chi connectivity index (χ3n) is 6.50. The van der Waals surface area contributed by atoms with Crippen LogP contribution in [0.3, 0.4) is 0 Å². The van der Waals surface area contributed by atoms with Crippen molar-refractivity contribution in [3.05, 3.63) is 117 Å². The summed E-state index contributed by atoms with van der Waals surface area (Å²) in [6, 6.07) is 19.3. The number of methoxy groups -OCH3 is 1. The molecule has 1 unspecified atom stereocenters. The number of benzene rings is 3. The number of aromatic carboxylic acids is 1. The van der Waals surface area contributed by atoms with Gasteiger partial charge in [0.2, 0.25) is 5.91 Å². The Morgan fingerprint density at radius 1 is 1.05 bits per heavy atom. The van der Waals surface area contributed by atoms with Gasteiger partial charge in [0, 0.05) is 34.3 Å². The Kier molecular flexibility index (Phi) is 8.66. The number of hydrogen-bond donors (Lipinski definition) is 2. The molecule has 2 N–H and O–H groups in total. The van der Waals surface area contributed by atoms with E-state index in [2.05, 4.69) is 11.4 Å². The van der Waals surface area contributed by atoms with Crippen LogP contribution >= 0.6 is 11.6 Å². The molecule has 0 fully saturated rings. The second kappa shape index (κ2) is 12.3. The highest BCUT2D eigenvalue weighted by atomic mass is 35.5. The topological polar surface area (TPSA) is 138 Å². The number of nitriles is 1. The number of nitrogens with zero attached hydrogens (tertiary/aromatic N) is 2. The van der Waals surface area contributed by atoms with Crippen LogP contribution in [0, 0.1) is 11.3 Å². The zero-order valence-corrected chi connectivity index (χ0v) is 22.8. The van der Waals surface area contributed by atoms with E-state index < -0.39 is 23.5 Å².